The van der Waals surface area contributed by atoms with Crippen LogP contribution in [-0.2, 0) is 23.9 Å². The predicted molar refractivity (Wildman–Crippen MR) is 135 cm³/mol. The lowest BCUT2D eigenvalue weighted by Crippen LogP contribution is -2.69. The summed E-state index contributed by atoms with van der Waals surface area (Å²) in [5.41, 5.74) is -5.38. The fraction of sp³-hybridized carbons (Fsp3) is 0.586. The molecular formula is C29H32FN3O6. The van der Waals surface area contributed by atoms with Crippen LogP contribution in [0.4, 0.5) is 4.39 Å². The van der Waals surface area contributed by atoms with Gasteiger partial charge in [-0.3, -0.25) is 24.2 Å². The third kappa shape index (κ3) is 3.30. The molecule has 4 aliphatic carbocycles. The number of aromatic nitrogens is 2. The molecule has 5 aliphatic rings. The van der Waals surface area contributed by atoms with Gasteiger partial charge in [0.2, 0.25) is 0 Å². The first-order valence-electron chi connectivity index (χ1n) is 13.4. The molecule has 0 bridgehead atoms. The molecule has 206 valence electrons. The summed E-state index contributed by atoms with van der Waals surface area (Å²) in [5.74, 6) is -3.99. The molecule has 6 rings (SSSR count). The van der Waals surface area contributed by atoms with E-state index in [9.17, 15) is 19.2 Å². The first-order chi connectivity index (χ1) is 18.3. The lowest BCUT2D eigenvalue weighted by Gasteiger charge is -2.59. The molecule has 39 heavy (non-hydrogen) atoms. The molecule has 7 atom stereocenters. The van der Waals surface area contributed by atoms with E-state index in [0.717, 1.165) is 0 Å². The molecule has 1 saturated heterocycles. The molecule has 1 aromatic rings. The summed E-state index contributed by atoms with van der Waals surface area (Å²) in [6.07, 6.45) is 8.71. The summed E-state index contributed by atoms with van der Waals surface area (Å²) in [6.45, 7) is 6.58. The Morgan fingerprint density at radius 3 is 2.64 bits per heavy atom. The number of carbonyl (C=O) groups is 4. The van der Waals surface area contributed by atoms with Crippen molar-refractivity contribution in [2.24, 2.45) is 22.7 Å². The minimum atomic E-state index is -2.23. The Kier molecular flexibility index (Phi) is 5.50. The van der Waals surface area contributed by atoms with Gasteiger partial charge in [-0.1, -0.05) is 18.6 Å². The summed E-state index contributed by atoms with van der Waals surface area (Å²) in [7, 11) is 0. The van der Waals surface area contributed by atoms with Crippen LogP contribution in [0, 0.1) is 22.7 Å². The minimum absolute atomic E-state index is 0.0622. The smallest absolute Gasteiger partial charge is 0.271 e. The summed E-state index contributed by atoms with van der Waals surface area (Å²) in [6, 6.07) is 0. The van der Waals surface area contributed by atoms with Gasteiger partial charge in [0.15, 0.2) is 34.4 Å². The molecule has 1 aromatic heterocycles. The Morgan fingerprint density at radius 1 is 1.15 bits per heavy atom. The minimum Gasteiger partial charge on any atom is -0.344 e. The lowest BCUT2D eigenvalue weighted by atomic mass is 9.45. The van der Waals surface area contributed by atoms with Crippen molar-refractivity contribution in [2.75, 3.05) is 6.54 Å². The van der Waals surface area contributed by atoms with E-state index < -0.39 is 63.3 Å². The number of amides is 1. The Labute approximate surface area is 225 Å². The number of ether oxygens (including phenoxy) is 2. The van der Waals surface area contributed by atoms with Crippen LogP contribution in [0.5, 0.6) is 0 Å². The summed E-state index contributed by atoms with van der Waals surface area (Å²) < 4.78 is 30.1. The number of ketones is 3. The van der Waals surface area contributed by atoms with Gasteiger partial charge in [-0.05, 0) is 58.1 Å². The number of halogens is 1. The van der Waals surface area contributed by atoms with Crippen LogP contribution in [0.25, 0.3) is 0 Å². The Bertz CT molecular complexity index is 1360. The monoisotopic (exact) mass is 537 g/mol. The highest BCUT2D eigenvalue weighted by Gasteiger charge is 2.80. The van der Waals surface area contributed by atoms with Gasteiger partial charge in [0.25, 0.3) is 5.91 Å². The molecule has 0 radical (unpaired) electrons. The van der Waals surface area contributed by atoms with E-state index in [4.69, 9.17) is 9.47 Å². The average Bonchev–Trinajstić information content (AvgIpc) is 3.30. The number of Topliss-reactive ketones (excluding diaryl/α,β-unsaturated/α-hetero) is 2. The van der Waals surface area contributed by atoms with Gasteiger partial charge in [-0.2, -0.15) is 0 Å². The van der Waals surface area contributed by atoms with Crippen LogP contribution < -0.4 is 5.32 Å². The first-order valence-corrected chi connectivity index (χ1v) is 13.4. The van der Waals surface area contributed by atoms with Crippen molar-refractivity contribution < 1.29 is 33.0 Å². The summed E-state index contributed by atoms with van der Waals surface area (Å²) in [4.78, 5) is 60.6. The van der Waals surface area contributed by atoms with Crippen molar-refractivity contribution in [1.82, 2.24) is 15.3 Å². The number of hydrogen-bond donors (Lipinski definition) is 1. The van der Waals surface area contributed by atoms with Crippen molar-refractivity contribution >= 4 is 23.3 Å². The van der Waals surface area contributed by atoms with Crippen LogP contribution in [0.15, 0.2) is 42.4 Å². The molecule has 10 heteroatoms. The molecule has 3 saturated carbocycles. The number of carbonyl (C=O) groups excluding carboxylic acids is 4. The molecule has 1 amide bonds. The molecule has 1 N–H and O–H groups in total. The van der Waals surface area contributed by atoms with E-state index in [1.165, 1.54) is 30.7 Å². The van der Waals surface area contributed by atoms with Crippen molar-refractivity contribution in [2.45, 2.75) is 76.5 Å². The van der Waals surface area contributed by atoms with E-state index in [-0.39, 0.29) is 24.4 Å². The Hall–Kier alpha value is -3.11. The van der Waals surface area contributed by atoms with Crippen LogP contribution in [0.1, 0.15) is 63.9 Å². The summed E-state index contributed by atoms with van der Waals surface area (Å²) in [5, 5.41) is 2.61. The fourth-order valence-electron chi connectivity index (χ4n) is 8.34. The summed E-state index contributed by atoms with van der Waals surface area (Å²) >= 11 is 0. The second kappa shape index (κ2) is 8.20. The molecule has 0 spiro atoms. The van der Waals surface area contributed by atoms with Gasteiger partial charge in [-0.25, -0.2) is 9.37 Å². The maximum Gasteiger partial charge on any atom is 0.271 e. The van der Waals surface area contributed by atoms with E-state index in [1.807, 2.05) is 6.92 Å². The number of nitrogens with one attached hydrogen (secondary N) is 1. The Morgan fingerprint density at radius 2 is 1.92 bits per heavy atom. The van der Waals surface area contributed by atoms with Crippen molar-refractivity contribution in [3.63, 3.8) is 0 Å². The number of rotatable bonds is 4. The van der Waals surface area contributed by atoms with Crippen molar-refractivity contribution in [3.05, 3.63) is 48.1 Å². The standard InChI is InChI=1S/C29H32FN3O6/c1-25(2)38-23-12-19-18-6-5-16-11-17(34)7-8-26(16,3)28(18,30)21(35)13-27(19,4)29(23,39-25)22(36)15-33-24(37)20-14-31-9-10-32-20/h7-11,14,18-19,23H,5-6,12-13,15H2,1-4H3,(H,33,37)/t18?,19?,23-,26?,27?,28-,29+/m0/s1. The van der Waals surface area contributed by atoms with Gasteiger partial charge in [-0.15, -0.1) is 0 Å². The van der Waals surface area contributed by atoms with Gasteiger partial charge in [0.05, 0.1) is 18.8 Å². The molecule has 4 fully saturated rings. The largest absolute Gasteiger partial charge is 0.344 e. The highest BCUT2D eigenvalue weighted by atomic mass is 19.1. The topological polar surface area (TPSA) is 125 Å². The van der Waals surface area contributed by atoms with Crippen molar-refractivity contribution in [3.8, 4) is 0 Å². The normalized spacial score (nSPS) is 41.7. The van der Waals surface area contributed by atoms with Crippen LogP contribution in [-0.4, -0.2) is 62.9 Å². The van der Waals surface area contributed by atoms with Gasteiger partial charge >= 0.3 is 0 Å². The molecule has 2 heterocycles. The SMILES string of the molecule is CC1(C)O[C@H]2CC3C4CCC5=CC(=O)C=CC5(C)[C@@]4(F)C(=O)CC3(C)[C@]2(C(=O)CNC(=O)c2cnccn2)O1. The first kappa shape index (κ1) is 26.1. The molecule has 1 aliphatic heterocycles. The van der Waals surface area contributed by atoms with Crippen LogP contribution >= 0.6 is 0 Å². The van der Waals surface area contributed by atoms with Crippen LogP contribution in [0.3, 0.4) is 0 Å². The van der Waals surface area contributed by atoms with E-state index in [0.29, 0.717) is 24.8 Å². The zero-order chi connectivity index (χ0) is 28.0. The molecule has 4 unspecified atom stereocenters. The fourth-order valence-corrected chi connectivity index (χ4v) is 8.34. The molecule has 0 aromatic carbocycles. The number of alkyl halides is 1. The quantitative estimate of drug-likeness (QED) is 0.622. The second-order valence-electron chi connectivity index (χ2n) is 12.4. The second-order valence-corrected chi connectivity index (χ2v) is 12.4. The van der Waals surface area contributed by atoms with E-state index >= 15 is 4.39 Å². The highest BCUT2D eigenvalue weighted by molar-refractivity contribution is 6.03. The van der Waals surface area contributed by atoms with Gasteiger partial charge in [0, 0.05) is 35.6 Å². The maximum atomic E-state index is 17.4. The lowest BCUT2D eigenvalue weighted by molar-refractivity contribution is -0.220. The highest BCUT2D eigenvalue weighted by Crippen LogP contribution is 2.71. The number of hydrogen-bond acceptors (Lipinski definition) is 8. The number of allylic oxidation sites excluding steroid dienone is 4. The predicted octanol–water partition coefficient (Wildman–Crippen LogP) is 2.85. The average molecular weight is 538 g/mol. The van der Waals surface area contributed by atoms with Crippen LogP contribution in [0.2, 0.25) is 0 Å². The van der Waals surface area contributed by atoms with E-state index in [2.05, 4.69) is 15.3 Å². The number of nitrogens with zero attached hydrogens (tertiary/aromatic N) is 2. The number of fused-ring (bicyclic) bond motifs is 7. The zero-order valence-corrected chi connectivity index (χ0v) is 22.5. The third-order valence-corrected chi connectivity index (χ3v) is 10.0. The molecular weight excluding hydrogens is 505 g/mol. The van der Waals surface area contributed by atoms with Crippen molar-refractivity contribution in [1.29, 1.82) is 0 Å². The maximum absolute atomic E-state index is 17.4. The van der Waals surface area contributed by atoms with Gasteiger partial charge < -0.3 is 14.8 Å². The Balaban J connectivity index is 1.37. The zero-order valence-electron chi connectivity index (χ0n) is 22.5. The molecule has 9 nitrogen and oxygen atoms in total. The van der Waals surface area contributed by atoms with Gasteiger partial charge in [0.1, 0.15) is 5.69 Å². The van der Waals surface area contributed by atoms with E-state index in [1.54, 1.807) is 26.8 Å². The third-order valence-electron chi connectivity index (χ3n) is 10.0.